The summed E-state index contributed by atoms with van der Waals surface area (Å²) in [5.41, 5.74) is 6.52. The molecule has 0 saturated heterocycles. The van der Waals surface area contributed by atoms with Crippen LogP contribution >= 0.6 is 0 Å². The third-order valence-corrected chi connectivity index (χ3v) is 3.74. The summed E-state index contributed by atoms with van der Waals surface area (Å²) in [6.45, 7) is 7.32. The van der Waals surface area contributed by atoms with Gasteiger partial charge in [0.25, 0.3) is 0 Å². The molecular formula is C19H20F3N3O. The molecule has 1 aromatic carbocycles. The van der Waals surface area contributed by atoms with Gasteiger partial charge in [-0.2, -0.15) is 18.3 Å². The summed E-state index contributed by atoms with van der Waals surface area (Å²) in [5.74, 6) is -0.402. The van der Waals surface area contributed by atoms with E-state index in [4.69, 9.17) is 5.73 Å². The number of rotatable bonds is 6. The van der Waals surface area contributed by atoms with Gasteiger partial charge in [0.05, 0.1) is 5.69 Å². The fraction of sp³-hybridized carbons (Fsp3) is 0.263. The van der Waals surface area contributed by atoms with E-state index in [0.717, 1.165) is 16.3 Å². The van der Waals surface area contributed by atoms with Gasteiger partial charge in [-0.3, -0.25) is 4.79 Å². The molecule has 0 aliphatic carbocycles. The van der Waals surface area contributed by atoms with Gasteiger partial charge in [-0.25, -0.2) is 4.68 Å². The lowest BCUT2D eigenvalue weighted by atomic mass is 10.0. The van der Waals surface area contributed by atoms with Crippen molar-refractivity contribution in [2.75, 3.05) is 0 Å². The van der Waals surface area contributed by atoms with Crippen molar-refractivity contribution in [2.24, 2.45) is 5.73 Å². The van der Waals surface area contributed by atoms with Crippen molar-refractivity contribution in [1.82, 2.24) is 9.78 Å². The monoisotopic (exact) mass is 363 g/mol. The zero-order valence-corrected chi connectivity index (χ0v) is 14.6. The molecule has 0 aliphatic rings. The predicted octanol–water partition coefficient (Wildman–Crippen LogP) is 4.84. The average Bonchev–Trinajstić information content (AvgIpc) is 3.01. The van der Waals surface area contributed by atoms with Crippen molar-refractivity contribution >= 4 is 17.6 Å². The minimum atomic E-state index is -4.64. The maximum Gasteiger partial charge on any atom is 0.435 e. The van der Waals surface area contributed by atoms with Crippen LogP contribution in [0, 0.1) is 0 Å². The maximum absolute atomic E-state index is 13.1. The van der Waals surface area contributed by atoms with Crippen molar-refractivity contribution < 1.29 is 18.0 Å². The van der Waals surface area contributed by atoms with Gasteiger partial charge in [0.2, 0.25) is 0 Å². The number of halogens is 3. The Morgan fingerprint density at radius 3 is 2.58 bits per heavy atom. The highest BCUT2D eigenvalue weighted by molar-refractivity contribution is 5.95. The molecule has 0 saturated carbocycles. The molecular weight excluding hydrogens is 343 g/mol. The molecule has 0 fully saturated rings. The van der Waals surface area contributed by atoms with Crippen LogP contribution in [-0.2, 0) is 6.18 Å². The summed E-state index contributed by atoms with van der Waals surface area (Å²) in [7, 11) is 0. The summed E-state index contributed by atoms with van der Waals surface area (Å²) in [6, 6.07) is 5.66. The van der Waals surface area contributed by atoms with E-state index in [9.17, 15) is 18.0 Å². The van der Waals surface area contributed by atoms with Crippen LogP contribution in [0.3, 0.4) is 0 Å². The molecule has 1 heterocycles. The summed E-state index contributed by atoms with van der Waals surface area (Å²) in [4.78, 5) is 12.3. The third kappa shape index (κ3) is 4.04. The quantitative estimate of drug-likeness (QED) is 0.747. The Hall–Kier alpha value is -2.83. The van der Waals surface area contributed by atoms with Crippen LogP contribution < -0.4 is 5.73 Å². The molecule has 0 radical (unpaired) electrons. The van der Waals surface area contributed by atoms with E-state index in [1.165, 1.54) is 0 Å². The molecule has 138 valence electrons. The molecule has 1 aromatic heterocycles. The van der Waals surface area contributed by atoms with Crippen LogP contribution in [0.4, 0.5) is 13.2 Å². The number of Topliss-reactive ketones (excluding diaryl/α,β-unsaturated/α-hetero) is 1. The normalized spacial score (nSPS) is 11.9. The first-order valence-electron chi connectivity index (χ1n) is 8.11. The predicted molar refractivity (Wildman–Crippen MR) is 95.7 cm³/mol. The van der Waals surface area contributed by atoms with Crippen molar-refractivity contribution in [1.29, 1.82) is 0 Å². The van der Waals surface area contributed by atoms with Crippen LogP contribution in [-0.4, -0.2) is 15.6 Å². The van der Waals surface area contributed by atoms with Crippen LogP contribution in [0.1, 0.15) is 54.0 Å². The van der Waals surface area contributed by atoms with Gasteiger partial charge in [-0.15, -0.1) is 0 Å². The average molecular weight is 363 g/mol. The second kappa shape index (κ2) is 7.59. The number of allylic oxidation sites excluding steroid dienone is 1. The molecule has 0 aliphatic heterocycles. The Morgan fingerprint density at radius 2 is 2.04 bits per heavy atom. The second-order valence-corrected chi connectivity index (χ2v) is 5.79. The van der Waals surface area contributed by atoms with Crippen molar-refractivity contribution in [2.45, 2.75) is 32.9 Å². The standard InChI is InChI=1S/C19H20F3N3O/c1-4-6-13-8-9-14(10-15(13)12(3)23)25-16(17(26)7-5-2)11-18(24-25)19(20,21)22/h4,6,8-11H,3,5,7,23H2,1-2H3/b6-4-. The van der Waals surface area contributed by atoms with Gasteiger partial charge in [-0.1, -0.05) is 31.7 Å². The number of aromatic nitrogens is 2. The van der Waals surface area contributed by atoms with Gasteiger partial charge >= 0.3 is 6.18 Å². The van der Waals surface area contributed by atoms with E-state index in [0.29, 0.717) is 17.7 Å². The highest BCUT2D eigenvalue weighted by Gasteiger charge is 2.36. The molecule has 4 nitrogen and oxygen atoms in total. The summed E-state index contributed by atoms with van der Waals surface area (Å²) < 4.78 is 40.3. The number of nitrogens with zero attached hydrogens (tertiary/aromatic N) is 2. The lowest BCUT2D eigenvalue weighted by Crippen LogP contribution is -2.10. The van der Waals surface area contributed by atoms with E-state index >= 15 is 0 Å². The van der Waals surface area contributed by atoms with Crippen molar-refractivity contribution in [3.63, 3.8) is 0 Å². The smallest absolute Gasteiger partial charge is 0.399 e. The number of alkyl halides is 3. The lowest BCUT2D eigenvalue weighted by Gasteiger charge is -2.11. The molecule has 0 atom stereocenters. The first kappa shape index (κ1) is 19.5. The molecule has 2 aromatic rings. The Bertz CT molecular complexity index is 863. The number of benzene rings is 1. The van der Waals surface area contributed by atoms with Gasteiger partial charge in [-0.05, 0) is 31.0 Å². The zero-order chi connectivity index (χ0) is 19.5. The van der Waals surface area contributed by atoms with Crippen LogP contribution in [0.25, 0.3) is 17.5 Å². The highest BCUT2D eigenvalue weighted by Crippen LogP contribution is 2.30. The van der Waals surface area contributed by atoms with E-state index < -0.39 is 17.7 Å². The molecule has 0 spiro atoms. The lowest BCUT2D eigenvalue weighted by molar-refractivity contribution is -0.141. The van der Waals surface area contributed by atoms with E-state index in [1.54, 1.807) is 25.1 Å². The molecule has 26 heavy (non-hydrogen) atoms. The first-order valence-corrected chi connectivity index (χ1v) is 8.11. The van der Waals surface area contributed by atoms with Gasteiger partial charge in [0, 0.05) is 23.7 Å². The maximum atomic E-state index is 13.1. The van der Waals surface area contributed by atoms with Gasteiger partial charge < -0.3 is 5.73 Å². The highest BCUT2D eigenvalue weighted by atomic mass is 19.4. The van der Waals surface area contributed by atoms with E-state index in [2.05, 4.69) is 11.7 Å². The molecule has 0 unspecified atom stereocenters. The molecule has 0 amide bonds. The van der Waals surface area contributed by atoms with Crippen molar-refractivity contribution in [3.05, 3.63) is 59.4 Å². The zero-order valence-electron chi connectivity index (χ0n) is 14.6. The number of nitrogens with two attached hydrogens (primary N) is 1. The number of ketones is 1. The Morgan fingerprint density at radius 1 is 1.35 bits per heavy atom. The molecule has 2 N–H and O–H groups in total. The van der Waals surface area contributed by atoms with Crippen LogP contribution in [0.15, 0.2) is 36.9 Å². The van der Waals surface area contributed by atoms with Crippen LogP contribution in [0.2, 0.25) is 0 Å². The second-order valence-electron chi connectivity index (χ2n) is 5.79. The number of hydrogen-bond acceptors (Lipinski definition) is 3. The van der Waals surface area contributed by atoms with Crippen LogP contribution in [0.5, 0.6) is 0 Å². The minimum absolute atomic E-state index is 0.105. The molecule has 0 bridgehead atoms. The molecule has 7 heteroatoms. The Balaban J connectivity index is 2.66. The largest absolute Gasteiger partial charge is 0.435 e. The Labute approximate surface area is 149 Å². The fourth-order valence-corrected chi connectivity index (χ4v) is 2.55. The first-order chi connectivity index (χ1) is 12.2. The van der Waals surface area contributed by atoms with E-state index in [-0.39, 0.29) is 17.8 Å². The third-order valence-electron chi connectivity index (χ3n) is 3.74. The summed E-state index contributed by atoms with van der Waals surface area (Å²) in [5, 5.41) is 3.61. The number of carbonyl (C=O) groups is 1. The van der Waals surface area contributed by atoms with Gasteiger partial charge in [0.1, 0.15) is 5.69 Å². The summed E-state index contributed by atoms with van der Waals surface area (Å²) in [6.07, 6.45) is -0.359. The summed E-state index contributed by atoms with van der Waals surface area (Å²) >= 11 is 0. The van der Waals surface area contributed by atoms with Crippen molar-refractivity contribution in [3.8, 4) is 5.69 Å². The number of hydrogen-bond donors (Lipinski definition) is 1. The minimum Gasteiger partial charge on any atom is -0.399 e. The molecule has 2 rings (SSSR count). The Kier molecular flexibility index (Phi) is 5.69. The van der Waals surface area contributed by atoms with Gasteiger partial charge in [0.15, 0.2) is 11.5 Å². The SMILES string of the molecule is C=C(N)c1cc(-n2nc(C(F)(F)F)cc2C(=O)CCC)ccc1/C=C\C. The number of carbonyl (C=O) groups excluding carboxylic acids is 1. The fourth-order valence-electron chi connectivity index (χ4n) is 2.55. The van der Waals surface area contributed by atoms with E-state index in [1.807, 2.05) is 19.1 Å². The topological polar surface area (TPSA) is 60.9 Å².